The number of aliphatic hydroxyl groups is 1. The third kappa shape index (κ3) is 7.52. The van der Waals surface area contributed by atoms with Crippen LogP contribution in [0.25, 0.3) is 0 Å². The van der Waals surface area contributed by atoms with Gasteiger partial charge in [0, 0.05) is 52.1 Å². The molecule has 0 saturated carbocycles. The molecule has 0 fully saturated rings. The number of methoxy groups -OCH3 is 2. The Morgan fingerprint density at radius 3 is 2.36 bits per heavy atom. The zero-order chi connectivity index (χ0) is 31.8. The molecule has 1 aliphatic rings. The SMILES string of the molecule is COc1ccc(CNC(=O)[C@]2(Cc3ccccc3Br)N=C(c3ccc(OCCCO)cc3)O[C@@H]2c2ccc(Br)cc2)c(OC)c1. The number of amides is 1. The molecular formula is C35H34Br2N2O6. The number of nitrogens with zero attached hydrogens (tertiary/aromatic N) is 1. The summed E-state index contributed by atoms with van der Waals surface area (Å²) in [5, 5.41) is 12.2. The number of hydrogen-bond acceptors (Lipinski definition) is 7. The Balaban J connectivity index is 1.56. The summed E-state index contributed by atoms with van der Waals surface area (Å²) in [6, 6.07) is 28.4. The molecule has 45 heavy (non-hydrogen) atoms. The van der Waals surface area contributed by atoms with Crippen LogP contribution in [0, 0.1) is 0 Å². The lowest BCUT2D eigenvalue weighted by atomic mass is 9.82. The number of ether oxygens (including phenoxy) is 4. The van der Waals surface area contributed by atoms with Crippen molar-refractivity contribution in [3.05, 3.63) is 122 Å². The van der Waals surface area contributed by atoms with E-state index >= 15 is 0 Å². The Labute approximate surface area is 279 Å². The number of hydrogen-bond donors (Lipinski definition) is 2. The van der Waals surface area contributed by atoms with Gasteiger partial charge in [0.1, 0.15) is 17.2 Å². The minimum Gasteiger partial charge on any atom is -0.497 e. The van der Waals surface area contributed by atoms with E-state index in [9.17, 15) is 4.79 Å². The van der Waals surface area contributed by atoms with Crippen LogP contribution in [0.1, 0.15) is 34.8 Å². The molecule has 5 rings (SSSR count). The van der Waals surface area contributed by atoms with Crippen LogP contribution < -0.4 is 19.5 Å². The highest BCUT2D eigenvalue weighted by Crippen LogP contribution is 2.44. The molecule has 0 spiro atoms. The van der Waals surface area contributed by atoms with E-state index in [-0.39, 0.29) is 25.5 Å². The van der Waals surface area contributed by atoms with Gasteiger partial charge in [0.25, 0.3) is 5.91 Å². The number of benzene rings is 4. The zero-order valence-electron chi connectivity index (χ0n) is 25.0. The highest BCUT2D eigenvalue weighted by molar-refractivity contribution is 9.10. The molecule has 4 aromatic rings. The van der Waals surface area contributed by atoms with Crippen molar-refractivity contribution in [1.82, 2.24) is 5.32 Å². The van der Waals surface area contributed by atoms with E-state index in [0.717, 1.165) is 25.6 Å². The molecule has 8 nitrogen and oxygen atoms in total. The van der Waals surface area contributed by atoms with E-state index in [0.29, 0.717) is 41.7 Å². The van der Waals surface area contributed by atoms with Crippen LogP contribution >= 0.6 is 31.9 Å². The Morgan fingerprint density at radius 1 is 0.933 bits per heavy atom. The van der Waals surface area contributed by atoms with Crippen molar-refractivity contribution < 1.29 is 28.8 Å². The Kier molecular flexibility index (Phi) is 10.8. The van der Waals surface area contributed by atoms with Crippen molar-refractivity contribution in [2.24, 2.45) is 4.99 Å². The summed E-state index contributed by atoms with van der Waals surface area (Å²) < 4.78 is 25.1. The predicted octanol–water partition coefficient (Wildman–Crippen LogP) is 6.81. The Hall–Kier alpha value is -3.86. The molecule has 10 heteroatoms. The van der Waals surface area contributed by atoms with Crippen molar-refractivity contribution in [1.29, 1.82) is 0 Å². The van der Waals surface area contributed by atoms with Gasteiger partial charge in [-0.05, 0) is 65.7 Å². The quantitative estimate of drug-likeness (QED) is 0.147. The lowest BCUT2D eigenvalue weighted by Gasteiger charge is -2.31. The maximum atomic E-state index is 14.6. The second-order valence-electron chi connectivity index (χ2n) is 10.5. The minimum absolute atomic E-state index is 0.0626. The number of halogens is 2. The summed E-state index contributed by atoms with van der Waals surface area (Å²) in [6.07, 6.45) is 0.0830. The fraction of sp³-hybridized carbons (Fsp3) is 0.257. The molecular weight excluding hydrogens is 704 g/mol. The number of nitrogens with one attached hydrogen (secondary N) is 1. The van der Waals surface area contributed by atoms with Crippen LogP contribution in [0.5, 0.6) is 17.2 Å². The Morgan fingerprint density at radius 2 is 1.67 bits per heavy atom. The number of rotatable bonds is 13. The average molecular weight is 738 g/mol. The first-order valence-corrected chi connectivity index (χ1v) is 16.0. The molecule has 1 aliphatic heterocycles. The van der Waals surface area contributed by atoms with E-state index in [4.69, 9.17) is 29.0 Å². The standard InChI is InChI=1S/C35H34Br2N2O6/c1-42-29-17-12-26(31(20-29)43-2)22-38-34(41)35(21-25-6-3-4-7-30(25)37)32(23-8-13-27(36)14-9-23)45-33(39-35)24-10-15-28(16-11-24)44-19-5-18-40/h3-4,6-17,20,32,40H,5,18-19,21-22H2,1-2H3,(H,38,41)/t32-,35-/m1/s1. The average Bonchev–Trinajstić information content (AvgIpc) is 3.45. The van der Waals surface area contributed by atoms with Crippen LogP contribution in [0.15, 0.2) is 105 Å². The van der Waals surface area contributed by atoms with Crippen molar-refractivity contribution in [2.75, 3.05) is 27.4 Å². The Bertz CT molecular complexity index is 1650. The van der Waals surface area contributed by atoms with E-state index in [1.165, 1.54) is 0 Å². The summed E-state index contributed by atoms with van der Waals surface area (Å²) in [4.78, 5) is 19.7. The first-order chi connectivity index (χ1) is 21.9. The van der Waals surface area contributed by atoms with Crippen molar-refractivity contribution in [2.45, 2.75) is 31.0 Å². The zero-order valence-corrected chi connectivity index (χ0v) is 28.1. The largest absolute Gasteiger partial charge is 0.497 e. The molecule has 2 N–H and O–H groups in total. The van der Waals surface area contributed by atoms with Gasteiger partial charge in [0.15, 0.2) is 11.6 Å². The van der Waals surface area contributed by atoms with E-state index in [2.05, 4.69) is 37.2 Å². The summed E-state index contributed by atoms with van der Waals surface area (Å²) in [5.74, 6) is 2.00. The molecule has 4 aromatic carbocycles. The van der Waals surface area contributed by atoms with Crippen molar-refractivity contribution >= 4 is 43.7 Å². The summed E-state index contributed by atoms with van der Waals surface area (Å²) in [7, 11) is 3.18. The molecule has 234 valence electrons. The third-order valence-corrected chi connectivity index (χ3v) is 8.86. The lowest BCUT2D eigenvalue weighted by Crippen LogP contribution is -2.49. The summed E-state index contributed by atoms with van der Waals surface area (Å²) in [5.41, 5.74) is 1.87. The monoisotopic (exact) mass is 736 g/mol. The highest BCUT2D eigenvalue weighted by Gasteiger charge is 2.53. The normalized spacial score (nSPS) is 17.3. The summed E-state index contributed by atoms with van der Waals surface area (Å²) in [6.45, 7) is 0.682. The van der Waals surface area contributed by atoms with Gasteiger partial charge in [-0.15, -0.1) is 0 Å². The van der Waals surface area contributed by atoms with Gasteiger partial charge < -0.3 is 29.4 Å². The molecule has 0 aromatic heterocycles. The topological polar surface area (TPSA) is 98.6 Å². The highest BCUT2D eigenvalue weighted by atomic mass is 79.9. The molecule has 0 unspecified atom stereocenters. The number of carbonyl (C=O) groups excluding carboxylic acids is 1. The molecule has 0 saturated heterocycles. The van der Waals surface area contributed by atoms with Gasteiger partial charge in [-0.1, -0.05) is 62.2 Å². The molecule has 1 amide bonds. The molecule has 1 heterocycles. The van der Waals surface area contributed by atoms with Crippen LogP contribution in [-0.4, -0.2) is 49.9 Å². The van der Waals surface area contributed by atoms with Crippen LogP contribution in [-0.2, 0) is 22.5 Å². The first-order valence-electron chi connectivity index (χ1n) is 14.5. The van der Waals surface area contributed by atoms with E-state index in [1.807, 2.05) is 84.9 Å². The smallest absolute Gasteiger partial charge is 0.252 e. The number of aliphatic imine (C=N–C) groups is 1. The number of carbonyl (C=O) groups is 1. The maximum absolute atomic E-state index is 14.6. The van der Waals surface area contributed by atoms with E-state index < -0.39 is 11.6 Å². The molecule has 0 bridgehead atoms. The van der Waals surface area contributed by atoms with Crippen LogP contribution in [0.4, 0.5) is 0 Å². The predicted molar refractivity (Wildman–Crippen MR) is 180 cm³/mol. The minimum atomic E-state index is -1.36. The lowest BCUT2D eigenvalue weighted by molar-refractivity contribution is -0.129. The van der Waals surface area contributed by atoms with Gasteiger partial charge in [-0.2, -0.15) is 0 Å². The van der Waals surface area contributed by atoms with Crippen molar-refractivity contribution in [3.63, 3.8) is 0 Å². The number of aliphatic hydroxyl groups excluding tert-OH is 1. The van der Waals surface area contributed by atoms with Gasteiger partial charge in [0.05, 0.1) is 20.8 Å². The fourth-order valence-electron chi connectivity index (χ4n) is 5.18. The summed E-state index contributed by atoms with van der Waals surface area (Å²) >= 11 is 7.21. The van der Waals surface area contributed by atoms with Crippen molar-refractivity contribution in [3.8, 4) is 17.2 Å². The second-order valence-corrected chi connectivity index (χ2v) is 12.2. The first kappa shape index (κ1) is 32.5. The van der Waals surface area contributed by atoms with Gasteiger partial charge in [-0.3, -0.25) is 4.79 Å². The maximum Gasteiger partial charge on any atom is 0.252 e. The van der Waals surface area contributed by atoms with Gasteiger partial charge in [-0.25, -0.2) is 4.99 Å². The van der Waals surface area contributed by atoms with Crippen LogP contribution in [0.2, 0.25) is 0 Å². The van der Waals surface area contributed by atoms with Crippen LogP contribution in [0.3, 0.4) is 0 Å². The fourth-order valence-corrected chi connectivity index (χ4v) is 5.87. The van der Waals surface area contributed by atoms with Gasteiger partial charge in [0.2, 0.25) is 5.90 Å². The van der Waals surface area contributed by atoms with Gasteiger partial charge >= 0.3 is 0 Å². The third-order valence-electron chi connectivity index (χ3n) is 7.55. The molecule has 2 atom stereocenters. The molecule has 0 aliphatic carbocycles. The molecule has 0 radical (unpaired) electrons. The second kappa shape index (κ2) is 14.9. The van der Waals surface area contributed by atoms with E-state index in [1.54, 1.807) is 20.3 Å².